The minimum atomic E-state index is -0.726. The predicted molar refractivity (Wildman–Crippen MR) is 74.3 cm³/mol. The van der Waals surface area contributed by atoms with Crippen molar-refractivity contribution in [2.75, 3.05) is 12.4 Å². The topological polar surface area (TPSA) is 51.2 Å². The van der Waals surface area contributed by atoms with Crippen LogP contribution in [0.5, 0.6) is 0 Å². The zero-order chi connectivity index (χ0) is 14.5. The lowest BCUT2D eigenvalue weighted by Gasteiger charge is -2.09. The van der Waals surface area contributed by atoms with Gasteiger partial charge in [-0.2, -0.15) is 0 Å². The number of rotatable bonds is 4. The van der Waals surface area contributed by atoms with Gasteiger partial charge in [-0.15, -0.1) is 0 Å². The zero-order valence-corrected chi connectivity index (χ0v) is 11.4. The summed E-state index contributed by atoms with van der Waals surface area (Å²) in [5, 5.41) is 2.73. The van der Waals surface area contributed by atoms with Crippen LogP contribution in [0.25, 0.3) is 0 Å². The lowest BCUT2D eigenvalue weighted by atomic mass is 10.2. The summed E-state index contributed by atoms with van der Waals surface area (Å²) in [6, 6.07) is 10.5. The fourth-order valence-electron chi connectivity index (χ4n) is 1.63. The molecule has 104 valence electrons. The minimum Gasteiger partial charge on any atom is -0.465 e. The van der Waals surface area contributed by atoms with Crippen molar-refractivity contribution in [3.05, 3.63) is 58.5 Å². The molecule has 0 unspecified atom stereocenters. The van der Waals surface area contributed by atoms with Gasteiger partial charge < -0.3 is 10.1 Å². The van der Waals surface area contributed by atoms with Gasteiger partial charge in [-0.3, -0.25) is 0 Å². The third-order valence-electron chi connectivity index (χ3n) is 2.64. The molecule has 0 spiro atoms. The number of nitrogens with one attached hydrogen (secondary N) is 1. The predicted octanol–water partition coefficient (Wildman–Crippen LogP) is 3.27. The van der Waals surface area contributed by atoms with E-state index in [2.05, 4.69) is 15.0 Å². The molecule has 1 N–H and O–H groups in total. The van der Waals surface area contributed by atoms with Crippen molar-refractivity contribution in [2.45, 2.75) is 6.54 Å². The van der Waals surface area contributed by atoms with Crippen LogP contribution in [0.1, 0.15) is 15.9 Å². The van der Waals surface area contributed by atoms with Gasteiger partial charge >= 0.3 is 5.97 Å². The van der Waals surface area contributed by atoms with Crippen LogP contribution >= 0.6 is 11.6 Å². The SMILES string of the molecule is COC(=O)c1cc(F)c(NCc2ccccc2)nc1Cl. The van der Waals surface area contributed by atoms with Crippen molar-refractivity contribution in [2.24, 2.45) is 0 Å². The number of aromatic nitrogens is 1. The number of hydrogen-bond acceptors (Lipinski definition) is 4. The summed E-state index contributed by atoms with van der Waals surface area (Å²) in [4.78, 5) is 15.2. The van der Waals surface area contributed by atoms with Gasteiger partial charge in [0.15, 0.2) is 11.6 Å². The van der Waals surface area contributed by atoms with Gasteiger partial charge in [0.1, 0.15) is 10.7 Å². The number of esters is 1. The Hall–Kier alpha value is -2.14. The third kappa shape index (κ3) is 3.24. The van der Waals surface area contributed by atoms with Crippen LogP contribution in [0.2, 0.25) is 5.15 Å². The van der Waals surface area contributed by atoms with Crippen LogP contribution in [0.3, 0.4) is 0 Å². The lowest BCUT2D eigenvalue weighted by molar-refractivity contribution is 0.0600. The van der Waals surface area contributed by atoms with Crippen molar-refractivity contribution in [3.63, 3.8) is 0 Å². The molecule has 0 bridgehead atoms. The summed E-state index contributed by atoms with van der Waals surface area (Å²) in [5.41, 5.74) is 0.874. The van der Waals surface area contributed by atoms with E-state index in [1.807, 2.05) is 30.3 Å². The Morgan fingerprint density at radius 3 is 2.75 bits per heavy atom. The molecular weight excluding hydrogens is 283 g/mol. The minimum absolute atomic E-state index is 0.00786. The number of methoxy groups -OCH3 is 1. The Bertz CT molecular complexity index is 620. The van der Waals surface area contributed by atoms with Gasteiger partial charge in [0.25, 0.3) is 0 Å². The molecule has 0 saturated heterocycles. The highest BCUT2D eigenvalue weighted by molar-refractivity contribution is 6.32. The second kappa shape index (κ2) is 6.34. The summed E-state index contributed by atoms with van der Waals surface area (Å²) in [5.74, 6) is -1.40. The van der Waals surface area contributed by atoms with Crippen LogP contribution < -0.4 is 5.32 Å². The van der Waals surface area contributed by atoms with Gasteiger partial charge in [-0.1, -0.05) is 41.9 Å². The first-order valence-electron chi connectivity index (χ1n) is 5.84. The fourth-order valence-corrected chi connectivity index (χ4v) is 1.84. The Labute approximate surface area is 120 Å². The molecule has 0 amide bonds. The van der Waals surface area contributed by atoms with E-state index in [-0.39, 0.29) is 16.5 Å². The maximum atomic E-state index is 13.8. The Kier molecular flexibility index (Phi) is 4.53. The van der Waals surface area contributed by atoms with Crippen molar-refractivity contribution < 1.29 is 13.9 Å². The van der Waals surface area contributed by atoms with Crippen molar-refractivity contribution in [1.29, 1.82) is 0 Å². The lowest BCUT2D eigenvalue weighted by Crippen LogP contribution is -2.08. The number of hydrogen-bond donors (Lipinski definition) is 1. The number of nitrogens with zero attached hydrogens (tertiary/aromatic N) is 1. The van der Waals surface area contributed by atoms with Gasteiger partial charge in [-0.05, 0) is 11.6 Å². The Balaban J connectivity index is 2.17. The molecule has 20 heavy (non-hydrogen) atoms. The molecule has 0 aliphatic carbocycles. The zero-order valence-electron chi connectivity index (χ0n) is 10.7. The van der Waals surface area contributed by atoms with Crippen molar-refractivity contribution >= 4 is 23.4 Å². The largest absolute Gasteiger partial charge is 0.465 e. The monoisotopic (exact) mass is 294 g/mol. The van der Waals surface area contributed by atoms with E-state index in [1.54, 1.807) is 0 Å². The molecule has 1 heterocycles. The normalized spacial score (nSPS) is 10.2. The number of benzene rings is 1. The first-order chi connectivity index (χ1) is 9.61. The van der Waals surface area contributed by atoms with E-state index in [4.69, 9.17) is 11.6 Å². The van der Waals surface area contributed by atoms with Crippen molar-refractivity contribution in [3.8, 4) is 0 Å². The molecule has 1 aromatic carbocycles. The number of carbonyl (C=O) groups excluding carboxylic acids is 1. The van der Waals surface area contributed by atoms with Crippen LogP contribution in [0, 0.1) is 5.82 Å². The summed E-state index contributed by atoms with van der Waals surface area (Å²) < 4.78 is 18.3. The van der Waals surface area contributed by atoms with E-state index in [1.165, 1.54) is 7.11 Å². The quantitative estimate of drug-likeness (QED) is 0.694. The number of anilines is 1. The van der Waals surface area contributed by atoms with Crippen molar-refractivity contribution in [1.82, 2.24) is 4.98 Å². The average Bonchev–Trinajstić information content (AvgIpc) is 2.48. The highest BCUT2D eigenvalue weighted by Crippen LogP contribution is 2.21. The van der Waals surface area contributed by atoms with E-state index >= 15 is 0 Å². The first-order valence-corrected chi connectivity index (χ1v) is 6.21. The Morgan fingerprint density at radius 2 is 2.10 bits per heavy atom. The molecule has 0 fully saturated rings. The number of ether oxygens (including phenoxy) is 1. The second-order valence-electron chi connectivity index (χ2n) is 3.99. The number of pyridine rings is 1. The highest BCUT2D eigenvalue weighted by atomic mass is 35.5. The van der Waals surface area contributed by atoms with E-state index < -0.39 is 11.8 Å². The summed E-state index contributed by atoms with van der Waals surface area (Å²) in [6.45, 7) is 0.401. The molecule has 0 radical (unpaired) electrons. The molecule has 6 heteroatoms. The molecule has 0 aliphatic heterocycles. The molecule has 0 saturated carbocycles. The molecule has 2 rings (SSSR count). The maximum Gasteiger partial charge on any atom is 0.341 e. The maximum absolute atomic E-state index is 13.8. The van der Waals surface area contributed by atoms with Gasteiger partial charge in [0.2, 0.25) is 0 Å². The number of carbonyl (C=O) groups is 1. The molecule has 2 aromatic rings. The van der Waals surface area contributed by atoms with Crippen LogP contribution in [-0.4, -0.2) is 18.1 Å². The van der Waals surface area contributed by atoms with Crippen LogP contribution in [0.4, 0.5) is 10.2 Å². The van der Waals surface area contributed by atoms with E-state index in [9.17, 15) is 9.18 Å². The third-order valence-corrected chi connectivity index (χ3v) is 2.93. The first kappa shape index (κ1) is 14.3. The van der Waals surface area contributed by atoms with Crippen LogP contribution in [-0.2, 0) is 11.3 Å². The van der Waals surface area contributed by atoms with Gasteiger partial charge in [-0.25, -0.2) is 14.2 Å². The smallest absolute Gasteiger partial charge is 0.341 e. The summed E-state index contributed by atoms with van der Waals surface area (Å²) in [6.07, 6.45) is 0. The summed E-state index contributed by atoms with van der Waals surface area (Å²) >= 11 is 5.84. The second-order valence-corrected chi connectivity index (χ2v) is 4.35. The van der Waals surface area contributed by atoms with E-state index in [0.717, 1.165) is 11.6 Å². The Morgan fingerprint density at radius 1 is 1.40 bits per heavy atom. The molecular formula is C14H12ClFN2O2. The standard InChI is InChI=1S/C14H12ClFN2O2/c1-20-14(19)10-7-11(16)13(18-12(10)15)17-8-9-5-3-2-4-6-9/h2-7H,8H2,1H3,(H,17,18). The summed E-state index contributed by atoms with van der Waals surface area (Å²) in [7, 11) is 1.19. The molecule has 0 atom stereocenters. The van der Waals surface area contributed by atoms with E-state index in [0.29, 0.717) is 6.54 Å². The van der Waals surface area contributed by atoms with Gasteiger partial charge in [0, 0.05) is 6.54 Å². The van der Waals surface area contributed by atoms with Gasteiger partial charge in [0.05, 0.1) is 7.11 Å². The molecule has 0 aliphatic rings. The average molecular weight is 295 g/mol. The van der Waals surface area contributed by atoms with Crippen LogP contribution in [0.15, 0.2) is 36.4 Å². The fraction of sp³-hybridized carbons (Fsp3) is 0.143. The highest BCUT2D eigenvalue weighted by Gasteiger charge is 2.16. The molecule has 1 aromatic heterocycles. The molecule has 4 nitrogen and oxygen atoms in total. The number of halogens is 2.